The van der Waals surface area contributed by atoms with Gasteiger partial charge < -0.3 is 19.9 Å². The molecule has 0 spiro atoms. The van der Waals surface area contributed by atoms with E-state index in [2.05, 4.69) is 10.3 Å². The molecule has 0 radical (unpaired) electrons. The first kappa shape index (κ1) is 14.7. The van der Waals surface area contributed by atoms with Crippen LogP contribution in [0.3, 0.4) is 0 Å². The molecule has 3 rings (SSSR count). The van der Waals surface area contributed by atoms with Gasteiger partial charge in [0.1, 0.15) is 5.75 Å². The van der Waals surface area contributed by atoms with Crippen molar-refractivity contribution in [3.05, 3.63) is 53.3 Å². The number of nitrogens with one attached hydrogen (secondary N) is 2. The maximum atomic E-state index is 12.7. The van der Waals surface area contributed by atoms with Gasteiger partial charge in [-0.05, 0) is 19.1 Å². The summed E-state index contributed by atoms with van der Waals surface area (Å²) >= 11 is 0. The van der Waals surface area contributed by atoms with E-state index < -0.39 is 0 Å². The van der Waals surface area contributed by atoms with Gasteiger partial charge in [-0.15, -0.1) is 0 Å². The van der Waals surface area contributed by atoms with Crippen molar-refractivity contribution in [2.24, 2.45) is 0 Å². The number of nitrogens with zero attached hydrogens (tertiary/aromatic N) is 1. The Morgan fingerprint density at radius 1 is 1.32 bits per heavy atom. The third-order valence-electron chi connectivity index (χ3n) is 4.16. The van der Waals surface area contributed by atoms with Crippen LogP contribution in [0.5, 0.6) is 5.75 Å². The maximum absolute atomic E-state index is 12.7. The van der Waals surface area contributed by atoms with E-state index in [1.807, 2.05) is 48.4 Å². The van der Waals surface area contributed by atoms with E-state index in [0.717, 1.165) is 35.7 Å². The van der Waals surface area contributed by atoms with Crippen LogP contribution >= 0.6 is 0 Å². The van der Waals surface area contributed by atoms with Crippen LogP contribution in [-0.2, 0) is 0 Å². The van der Waals surface area contributed by atoms with E-state index in [1.54, 1.807) is 7.11 Å². The standard InChI is InChI=1S/C17H21N3O2/c1-12-13(7-8-18-12)17(21)20-10-9-19-15(11-20)14-5-3-4-6-16(14)22-2/h3-8,15,18-19H,9-11H2,1-2H3. The highest BCUT2D eigenvalue weighted by molar-refractivity contribution is 5.95. The van der Waals surface area contributed by atoms with Crippen LogP contribution in [0.4, 0.5) is 0 Å². The minimum atomic E-state index is 0.0835. The number of amides is 1. The number of methoxy groups -OCH3 is 1. The van der Waals surface area contributed by atoms with Gasteiger partial charge in [-0.3, -0.25) is 4.79 Å². The molecule has 1 unspecified atom stereocenters. The van der Waals surface area contributed by atoms with Crippen molar-refractivity contribution < 1.29 is 9.53 Å². The maximum Gasteiger partial charge on any atom is 0.255 e. The number of benzene rings is 1. The molecule has 1 aliphatic heterocycles. The summed E-state index contributed by atoms with van der Waals surface area (Å²) in [4.78, 5) is 17.6. The summed E-state index contributed by atoms with van der Waals surface area (Å²) < 4.78 is 5.44. The number of H-pyrrole nitrogens is 1. The van der Waals surface area contributed by atoms with Gasteiger partial charge in [-0.1, -0.05) is 18.2 Å². The largest absolute Gasteiger partial charge is 0.496 e. The minimum absolute atomic E-state index is 0.0835. The molecule has 0 saturated carbocycles. The molecule has 1 saturated heterocycles. The zero-order valence-corrected chi connectivity index (χ0v) is 12.9. The van der Waals surface area contributed by atoms with Gasteiger partial charge in [0.05, 0.1) is 18.7 Å². The van der Waals surface area contributed by atoms with Crippen LogP contribution in [-0.4, -0.2) is 42.5 Å². The molecule has 5 heteroatoms. The van der Waals surface area contributed by atoms with Crippen molar-refractivity contribution in [2.45, 2.75) is 13.0 Å². The van der Waals surface area contributed by atoms with E-state index in [9.17, 15) is 4.79 Å². The van der Waals surface area contributed by atoms with E-state index >= 15 is 0 Å². The first-order valence-corrected chi connectivity index (χ1v) is 7.50. The van der Waals surface area contributed by atoms with Crippen molar-refractivity contribution in [3.8, 4) is 5.75 Å². The predicted molar refractivity (Wildman–Crippen MR) is 85.2 cm³/mol. The Hall–Kier alpha value is -2.27. The Kier molecular flexibility index (Phi) is 4.15. The van der Waals surface area contributed by atoms with Crippen LogP contribution in [0.25, 0.3) is 0 Å². The van der Waals surface area contributed by atoms with Gasteiger partial charge in [-0.25, -0.2) is 0 Å². The second kappa shape index (κ2) is 6.23. The molecular formula is C17H21N3O2. The molecule has 1 atom stereocenters. The van der Waals surface area contributed by atoms with Gasteiger partial charge in [0.25, 0.3) is 5.91 Å². The molecule has 2 heterocycles. The quantitative estimate of drug-likeness (QED) is 0.913. The number of aromatic nitrogens is 1. The van der Waals surface area contributed by atoms with Gasteiger partial charge in [0.2, 0.25) is 0 Å². The van der Waals surface area contributed by atoms with Gasteiger partial charge in [-0.2, -0.15) is 0 Å². The average Bonchev–Trinajstić information content (AvgIpc) is 3.00. The lowest BCUT2D eigenvalue weighted by Crippen LogP contribution is -2.48. The fraction of sp³-hybridized carbons (Fsp3) is 0.353. The number of piperazine rings is 1. The van der Waals surface area contributed by atoms with E-state index in [4.69, 9.17) is 4.74 Å². The predicted octanol–water partition coefficient (Wildman–Crippen LogP) is 2.12. The lowest BCUT2D eigenvalue weighted by Gasteiger charge is -2.34. The van der Waals surface area contributed by atoms with Crippen molar-refractivity contribution in [2.75, 3.05) is 26.7 Å². The number of carbonyl (C=O) groups excluding carboxylic acids is 1. The summed E-state index contributed by atoms with van der Waals surface area (Å²) in [6.45, 7) is 4.06. The number of hydrogen-bond acceptors (Lipinski definition) is 3. The highest BCUT2D eigenvalue weighted by Gasteiger charge is 2.27. The number of para-hydroxylation sites is 1. The molecule has 1 aromatic heterocycles. The summed E-state index contributed by atoms with van der Waals surface area (Å²) in [5.74, 6) is 0.937. The first-order valence-electron chi connectivity index (χ1n) is 7.50. The topological polar surface area (TPSA) is 57.4 Å². The van der Waals surface area contributed by atoms with E-state index in [1.165, 1.54) is 0 Å². The van der Waals surface area contributed by atoms with Crippen LogP contribution in [0.2, 0.25) is 0 Å². The second-order valence-electron chi connectivity index (χ2n) is 5.52. The summed E-state index contributed by atoms with van der Waals surface area (Å²) in [6.07, 6.45) is 1.81. The monoisotopic (exact) mass is 299 g/mol. The fourth-order valence-electron chi connectivity index (χ4n) is 2.95. The van der Waals surface area contributed by atoms with Crippen molar-refractivity contribution in [3.63, 3.8) is 0 Å². The van der Waals surface area contributed by atoms with Crippen LogP contribution in [0.1, 0.15) is 27.7 Å². The smallest absolute Gasteiger partial charge is 0.255 e. The van der Waals surface area contributed by atoms with Crippen LogP contribution < -0.4 is 10.1 Å². The third-order valence-corrected chi connectivity index (χ3v) is 4.16. The SMILES string of the molecule is COc1ccccc1C1CN(C(=O)c2cc[nH]c2C)CCN1. The molecule has 1 fully saturated rings. The number of ether oxygens (including phenoxy) is 1. The summed E-state index contributed by atoms with van der Waals surface area (Å²) in [5.41, 5.74) is 2.76. The molecule has 1 aromatic carbocycles. The fourth-order valence-corrected chi connectivity index (χ4v) is 2.95. The zero-order valence-electron chi connectivity index (χ0n) is 12.9. The molecule has 1 aliphatic rings. The van der Waals surface area contributed by atoms with Crippen LogP contribution in [0.15, 0.2) is 36.5 Å². The van der Waals surface area contributed by atoms with Gasteiger partial charge >= 0.3 is 0 Å². The number of aromatic amines is 1. The molecule has 22 heavy (non-hydrogen) atoms. The van der Waals surface area contributed by atoms with Crippen molar-refractivity contribution >= 4 is 5.91 Å². The Balaban J connectivity index is 1.80. The molecule has 0 bridgehead atoms. The molecule has 2 N–H and O–H groups in total. The summed E-state index contributed by atoms with van der Waals surface area (Å²) in [6, 6.07) is 9.89. The zero-order chi connectivity index (χ0) is 15.5. The first-order chi connectivity index (χ1) is 10.7. The normalized spacial score (nSPS) is 18.3. The Bertz CT molecular complexity index is 665. The van der Waals surface area contributed by atoms with Gasteiger partial charge in [0.15, 0.2) is 0 Å². The van der Waals surface area contributed by atoms with E-state index in [-0.39, 0.29) is 11.9 Å². The number of carbonyl (C=O) groups is 1. The molecule has 5 nitrogen and oxygen atoms in total. The average molecular weight is 299 g/mol. The second-order valence-corrected chi connectivity index (χ2v) is 5.52. The van der Waals surface area contributed by atoms with E-state index in [0.29, 0.717) is 6.54 Å². The highest BCUT2D eigenvalue weighted by Crippen LogP contribution is 2.27. The molecule has 1 amide bonds. The number of rotatable bonds is 3. The Labute approximate surface area is 130 Å². The molecule has 0 aliphatic carbocycles. The van der Waals surface area contributed by atoms with Crippen molar-refractivity contribution in [1.82, 2.24) is 15.2 Å². The van der Waals surface area contributed by atoms with Crippen LogP contribution in [0, 0.1) is 6.92 Å². The molecular weight excluding hydrogens is 278 g/mol. The third kappa shape index (κ3) is 2.72. The Morgan fingerprint density at radius 3 is 2.86 bits per heavy atom. The number of aryl methyl sites for hydroxylation is 1. The van der Waals surface area contributed by atoms with Gasteiger partial charge in [0, 0.05) is 37.1 Å². The lowest BCUT2D eigenvalue weighted by molar-refractivity contribution is 0.0701. The highest BCUT2D eigenvalue weighted by atomic mass is 16.5. The minimum Gasteiger partial charge on any atom is -0.496 e. The number of hydrogen-bond donors (Lipinski definition) is 2. The molecule has 116 valence electrons. The van der Waals surface area contributed by atoms with Crippen molar-refractivity contribution in [1.29, 1.82) is 0 Å². The lowest BCUT2D eigenvalue weighted by atomic mass is 10.0. The summed E-state index contributed by atoms with van der Waals surface area (Å²) in [5, 5.41) is 3.47. The Morgan fingerprint density at radius 2 is 2.14 bits per heavy atom. The molecule has 2 aromatic rings. The summed E-state index contributed by atoms with van der Waals surface area (Å²) in [7, 11) is 1.67.